The second-order valence-electron chi connectivity index (χ2n) is 7.50. The van der Waals surface area contributed by atoms with E-state index in [0.29, 0.717) is 5.92 Å². The van der Waals surface area contributed by atoms with E-state index in [4.69, 9.17) is 15.1 Å². The third-order valence-electron chi connectivity index (χ3n) is 4.80. The molecule has 2 aliphatic rings. The van der Waals surface area contributed by atoms with Gasteiger partial charge in [0, 0.05) is 16.8 Å². The molecule has 0 saturated heterocycles. The van der Waals surface area contributed by atoms with Crippen molar-refractivity contribution in [3.05, 3.63) is 28.5 Å². The van der Waals surface area contributed by atoms with E-state index in [9.17, 15) is 0 Å². The van der Waals surface area contributed by atoms with Gasteiger partial charge in [-0.1, -0.05) is 20.8 Å². The van der Waals surface area contributed by atoms with Crippen LogP contribution >= 0.6 is 11.3 Å². The minimum Gasteiger partial charge on any atom is -0.458 e. The summed E-state index contributed by atoms with van der Waals surface area (Å²) in [6.45, 7) is 6.82. The molecule has 2 aromatic heterocycles. The Morgan fingerprint density at radius 2 is 2.14 bits per heavy atom. The van der Waals surface area contributed by atoms with Crippen molar-refractivity contribution in [1.82, 2.24) is 4.98 Å². The minimum absolute atomic E-state index is 0.118. The standard InChI is InChI=1S/C17H22N2OS/c1-9-6-10(9)13-4-5-14(20-13)16-19-12-8-17(2,3)7-11(18)15(12)21-16/h4-5,9-11H,6-8,18H2,1-3H3. The van der Waals surface area contributed by atoms with Crippen LogP contribution in [0.25, 0.3) is 10.8 Å². The second-order valence-corrected chi connectivity index (χ2v) is 8.53. The van der Waals surface area contributed by atoms with E-state index < -0.39 is 0 Å². The van der Waals surface area contributed by atoms with Crippen LogP contribution in [-0.2, 0) is 6.42 Å². The Kier molecular flexibility index (Phi) is 2.86. The van der Waals surface area contributed by atoms with Crippen molar-refractivity contribution in [2.24, 2.45) is 17.1 Å². The average molecular weight is 302 g/mol. The second kappa shape index (κ2) is 4.43. The van der Waals surface area contributed by atoms with Crippen LogP contribution < -0.4 is 5.73 Å². The van der Waals surface area contributed by atoms with Gasteiger partial charge in [-0.15, -0.1) is 11.3 Å². The van der Waals surface area contributed by atoms with E-state index in [0.717, 1.165) is 35.3 Å². The Morgan fingerprint density at radius 1 is 1.38 bits per heavy atom. The van der Waals surface area contributed by atoms with Gasteiger partial charge in [-0.25, -0.2) is 4.98 Å². The highest BCUT2D eigenvalue weighted by Gasteiger charge is 2.37. The molecule has 4 heteroatoms. The molecule has 0 spiro atoms. The fourth-order valence-electron chi connectivity index (χ4n) is 3.48. The van der Waals surface area contributed by atoms with E-state index >= 15 is 0 Å². The molecule has 1 saturated carbocycles. The van der Waals surface area contributed by atoms with Crippen molar-refractivity contribution in [2.45, 2.75) is 52.0 Å². The molecule has 2 N–H and O–H groups in total. The number of rotatable bonds is 2. The zero-order valence-corrected chi connectivity index (χ0v) is 13.7. The van der Waals surface area contributed by atoms with E-state index in [-0.39, 0.29) is 11.5 Å². The predicted octanol–water partition coefficient (Wildman–Crippen LogP) is 4.50. The van der Waals surface area contributed by atoms with Crippen LogP contribution in [0.5, 0.6) is 0 Å². The Hall–Kier alpha value is -1.13. The van der Waals surface area contributed by atoms with Crippen molar-refractivity contribution in [3.8, 4) is 10.8 Å². The number of aromatic nitrogens is 1. The number of furan rings is 1. The lowest BCUT2D eigenvalue weighted by Crippen LogP contribution is -2.28. The normalized spacial score (nSPS) is 30.2. The van der Waals surface area contributed by atoms with Gasteiger partial charge >= 0.3 is 0 Å². The van der Waals surface area contributed by atoms with Crippen LogP contribution in [0.15, 0.2) is 16.5 Å². The highest BCUT2D eigenvalue weighted by molar-refractivity contribution is 7.15. The van der Waals surface area contributed by atoms with Crippen LogP contribution in [0.2, 0.25) is 0 Å². The number of hydrogen-bond donors (Lipinski definition) is 1. The first-order valence-corrected chi connectivity index (χ1v) is 8.60. The highest BCUT2D eigenvalue weighted by atomic mass is 32.1. The molecule has 0 radical (unpaired) electrons. The lowest BCUT2D eigenvalue weighted by molar-refractivity contribution is 0.282. The number of fused-ring (bicyclic) bond motifs is 1. The third-order valence-corrected chi connectivity index (χ3v) is 6.04. The lowest BCUT2D eigenvalue weighted by atomic mass is 9.77. The number of nitrogens with two attached hydrogens (primary N) is 1. The molecule has 112 valence electrons. The summed E-state index contributed by atoms with van der Waals surface area (Å²) in [6.07, 6.45) is 3.30. The third kappa shape index (κ3) is 2.34. The zero-order valence-electron chi connectivity index (χ0n) is 12.8. The summed E-state index contributed by atoms with van der Waals surface area (Å²) in [5.41, 5.74) is 7.76. The highest BCUT2D eigenvalue weighted by Crippen LogP contribution is 2.49. The molecule has 0 bridgehead atoms. The van der Waals surface area contributed by atoms with E-state index in [1.807, 2.05) is 0 Å². The molecule has 2 heterocycles. The quantitative estimate of drug-likeness (QED) is 0.888. The van der Waals surface area contributed by atoms with Gasteiger partial charge in [-0.3, -0.25) is 0 Å². The first-order valence-electron chi connectivity index (χ1n) is 7.78. The summed E-state index contributed by atoms with van der Waals surface area (Å²) >= 11 is 1.71. The van der Waals surface area contributed by atoms with Gasteiger partial charge < -0.3 is 10.2 Å². The smallest absolute Gasteiger partial charge is 0.162 e. The fourth-order valence-corrected chi connectivity index (χ4v) is 4.53. The van der Waals surface area contributed by atoms with Crippen molar-refractivity contribution in [2.75, 3.05) is 0 Å². The maximum Gasteiger partial charge on any atom is 0.162 e. The van der Waals surface area contributed by atoms with Gasteiger partial charge in [0.2, 0.25) is 0 Å². The molecule has 0 aliphatic heterocycles. The molecule has 2 aliphatic carbocycles. The molecular formula is C17H22N2OS. The Morgan fingerprint density at radius 3 is 2.86 bits per heavy atom. The monoisotopic (exact) mass is 302 g/mol. The van der Waals surface area contributed by atoms with Gasteiger partial charge in [0.05, 0.1) is 5.69 Å². The Bertz CT molecular complexity index is 685. The molecule has 3 unspecified atom stereocenters. The van der Waals surface area contributed by atoms with Gasteiger partial charge in [0.15, 0.2) is 10.8 Å². The number of nitrogens with zero attached hydrogens (tertiary/aromatic N) is 1. The summed E-state index contributed by atoms with van der Waals surface area (Å²) < 4.78 is 6.04. The molecule has 1 fully saturated rings. The molecule has 3 atom stereocenters. The summed E-state index contributed by atoms with van der Waals surface area (Å²) in [4.78, 5) is 6.08. The van der Waals surface area contributed by atoms with Gasteiger partial charge in [0.1, 0.15) is 5.76 Å². The largest absolute Gasteiger partial charge is 0.458 e. The maximum absolute atomic E-state index is 6.33. The fraction of sp³-hybridized carbons (Fsp3) is 0.588. The molecule has 0 amide bonds. The van der Waals surface area contributed by atoms with E-state index in [1.165, 1.54) is 17.0 Å². The molecular weight excluding hydrogens is 280 g/mol. The molecule has 3 nitrogen and oxygen atoms in total. The topological polar surface area (TPSA) is 52.0 Å². The average Bonchev–Trinajstić information content (AvgIpc) is 2.83. The van der Waals surface area contributed by atoms with E-state index in [1.54, 1.807) is 11.3 Å². The van der Waals surface area contributed by atoms with Crippen molar-refractivity contribution >= 4 is 11.3 Å². The summed E-state index contributed by atoms with van der Waals surface area (Å²) in [7, 11) is 0. The first kappa shape index (κ1) is 13.5. The van der Waals surface area contributed by atoms with Crippen LogP contribution in [0.4, 0.5) is 0 Å². The molecule has 2 aromatic rings. The SMILES string of the molecule is CC1CC1c1ccc(-c2nc3c(s2)C(N)CC(C)(C)C3)o1. The summed E-state index contributed by atoms with van der Waals surface area (Å²) in [5, 5.41) is 0.993. The van der Waals surface area contributed by atoms with E-state index in [2.05, 4.69) is 32.9 Å². The first-order chi connectivity index (χ1) is 9.93. The zero-order chi connectivity index (χ0) is 14.8. The number of hydrogen-bond acceptors (Lipinski definition) is 4. The molecule has 4 rings (SSSR count). The maximum atomic E-state index is 6.33. The minimum atomic E-state index is 0.118. The van der Waals surface area contributed by atoms with Gasteiger partial charge in [0.25, 0.3) is 0 Å². The lowest BCUT2D eigenvalue weighted by Gasteiger charge is -2.32. The molecule has 0 aromatic carbocycles. The van der Waals surface area contributed by atoms with Crippen LogP contribution in [0, 0.1) is 11.3 Å². The van der Waals surface area contributed by atoms with Crippen molar-refractivity contribution < 1.29 is 4.42 Å². The van der Waals surface area contributed by atoms with Crippen molar-refractivity contribution in [1.29, 1.82) is 0 Å². The molecule has 21 heavy (non-hydrogen) atoms. The van der Waals surface area contributed by atoms with Crippen molar-refractivity contribution in [3.63, 3.8) is 0 Å². The van der Waals surface area contributed by atoms with Crippen LogP contribution in [0.1, 0.15) is 61.9 Å². The van der Waals surface area contributed by atoms with Gasteiger partial charge in [-0.05, 0) is 42.7 Å². The summed E-state index contributed by atoms with van der Waals surface area (Å²) in [5.74, 6) is 3.42. The summed E-state index contributed by atoms with van der Waals surface area (Å²) in [6, 6.07) is 4.31. The predicted molar refractivity (Wildman–Crippen MR) is 85.4 cm³/mol. The Labute approximate surface area is 129 Å². The Balaban J connectivity index is 1.66. The van der Waals surface area contributed by atoms with Crippen LogP contribution in [-0.4, -0.2) is 4.98 Å². The van der Waals surface area contributed by atoms with Crippen LogP contribution in [0.3, 0.4) is 0 Å². The van der Waals surface area contributed by atoms with Gasteiger partial charge in [-0.2, -0.15) is 0 Å². The number of thiazole rings is 1.